The van der Waals surface area contributed by atoms with Crippen molar-refractivity contribution < 1.29 is 0 Å². The van der Waals surface area contributed by atoms with Gasteiger partial charge in [0.1, 0.15) is 0 Å². The van der Waals surface area contributed by atoms with Crippen molar-refractivity contribution in [3.05, 3.63) is 41.7 Å². The van der Waals surface area contributed by atoms with Crippen molar-refractivity contribution in [3.8, 4) is 5.69 Å². The zero-order valence-corrected chi connectivity index (χ0v) is 10.9. The third-order valence-corrected chi connectivity index (χ3v) is 2.89. The van der Waals surface area contributed by atoms with Crippen LogP contribution in [0.3, 0.4) is 0 Å². The fourth-order valence-corrected chi connectivity index (χ4v) is 1.66. The van der Waals surface area contributed by atoms with E-state index in [0.29, 0.717) is 11.8 Å². The van der Waals surface area contributed by atoms with Gasteiger partial charge in [-0.25, -0.2) is 0 Å². The van der Waals surface area contributed by atoms with Gasteiger partial charge in [-0.15, -0.1) is 0 Å². The Morgan fingerprint density at radius 2 is 1.59 bits per heavy atom. The lowest BCUT2D eigenvalue weighted by Gasteiger charge is -2.06. The van der Waals surface area contributed by atoms with E-state index in [1.807, 2.05) is 6.20 Å². The highest BCUT2D eigenvalue weighted by molar-refractivity contribution is 5.33. The predicted molar refractivity (Wildman–Crippen MR) is 69.5 cm³/mol. The summed E-state index contributed by atoms with van der Waals surface area (Å²) in [6.07, 6.45) is 1.83. The van der Waals surface area contributed by atoms with Crippen LogP contribution in [0.2, 0.25) is 0 Å². The molecule has 90 valence electrons. The summed E-state index contributed by atoms with van der Waals surface area (Å²) in [6, 6.07) is 8.41. The molecular weight excluding hydrogens is 210 g/mol. The van der Waals surface area contributed by atoms with Gasteiger partial charge in [-0.2, -0.15) is 15.0 Å². The molecule has 2 aromatic rings. The van der Waals surface area contributed by atoms with Crippen LogP contribution in [0, 0.1) is 0 Å². The molecule has 0 atom stereocenters. The number of hydrogen-bond donors (Lipinski definition) is 0. The van der Waals surface area contributed by atoms with E-state index in [0.717, 1.165) is 11.4 Å². The summed E-state index contributed by atoms with van der Waals surface area (Å²) in [4.78, 5) is 1.69. The van der Waals surface area contributed by atoms with Crippen LogP contribution in [0.1, 0.15) is 50.8 Å². The minimum atomic E-state index is 0.415. The first-order valence-electron chi connectivity index (χ1n) is 6.10. The summed E-state index contributed by atoms with van der Waals surface area (Å²) in [7, 11) is 0. The van der Waals surface area contributed by atoms with Crippen molar-refractivity contribution >= 4 is 0 Å². The number of benzene rings is 1. The molecule has 1 aromatic carbocycles. The van der Waals surface area contributed by atoms with E-state index in [1.165, 1.54) is 5.56 Å². The summed E-state index contributed by atoms with van der Waals surface area (Å²) < 4.78 is 0. The second kappa shape index (κ2) is 4.70. The molecule has 1 aromatic heterocycles. The molecule has 0 saturated heterocycles. The van der Waals surface area contributed by atoms with Crippen LogP contribution in [0.5, 0.6) is 0 Å². The first kappa shape index (κ1) is 11.8. The summed E-state index contributed by atoms with van der Waals surface area (Å²) in [5, 5.41) is 8.75. The Kier molecular flexibility index (Phi) is 3.27. The van der Waals surface area contributed by atoms with E-state index in [-0.39, 0.29) is 0 Å². The Bertz CT molecular complexity index is 480. The van der Waals surface area contributed by atoms with Crippen molar-refractivity contribution in [2.24, 2.45) is 0 Å². The first-order valence-corrected chi connectivity index (χ1v) is 6.10. The fourth-order valence-electron chi connectivity index (χ4n) is 1.66. The molecule has 0 N–H and O–H groups in total. The standard InChI is InChI=1S/C14H19N3/c1-10(2)12-5-7-13(8-6-12)17-15-9-14(16-17)11(3)4/h5-11H,1-4H3. The van der Waals surface area contributed by atoms with Gasteiger partial charge in [0.05, 0.1) is 17.6 Å². The van der Waals surface area contributed by atoms with Crippen molar-refractivity contribution in [3.63, 3.8) is 0 Å². The minimum absolute atomic E-state index is 0.415. The van der Waals surface area contributed by atoms with Crippen LogP contribution < -0.4 is 0 Å². The third kappa shape index (κ3) is 2.54. The third-order valence-electron chi connectivity index (χ3n) is 2.89. The summed E-state index contributed by atoms with van der Waals surface area (Å²) in [5.41, 5.74) is 3.38. The maximum Gasteiger partial charge on any atom is 0.0857 e. The van der Waals surface area contributed by atoms with Crippen molar-refractivity contribution in [2.45, 2.75) is 39.5 Å². The van der Waals surface area contributed by atoms with Gasteiger partial charge < -0.3 is 0 Å². The number of hydrogen-bond acceptors (Lipinski definition) is 2. The fraction of sp³-hybridized carbons (Fsp3) is 0.429. The van der Waals surface area contributed by atoms with Gasteiger partial charge in [-0.1, -0.05) is 39.8 Å². The van der Waals surface area contributed by atoms with Crippen LogP contribution in [-0.4, -0.2) is 15.0 Å². The highest BCUT2D eigenvalue weighted by atomic mass is 15.5. The Morgan fingerprint density at radius 3 is 2.06 bits per heavy atom. The molecule has 0 aliphatic heterocycles. The molecule has 2 rings (SSSR count). The SMILES string of the molecule is CC(C)c1ccc(-n2ncc(C(C)C)n2)cc1. The van der Waals surface area contributed by atoms with Crippen LogP contribution in [0.25, 0.3) is 5.69 Å². The van der Waals surface area contributed by atoms with Crippen LogP contribution >= 0.6 is 0 Å². The van der Waals surface area contributed by atoms with Crippen LogP contribution in [0.4, 0.5) is 0 Å². The predicted octanol–water partition coefficient (Wildman–Crippen LogP) is 3.51. The average Bonchev–Trinajstić information content (AvgIpc) is 2.78. The van der Waals surface area contributed by atoms with Gasteiger partial charge in [0.15, 0.2) is 0 Å². The summed E-state index contributed by atoms with van der Waals surface area (Å²) >= 11 is 0. The van der Waals surface area contributed by atoms with Crippen LogP contribution in [0.15, 0.2) is 30.5 Å². The van der Waals surface area contributed by atoms with E-state index in [4.69, 9.17) is 0 Å². The lowest BCUT2D eigenvalue weighted by molar-refractivity contribution is 0.716. The largest absolute Gasteiger partial charge is 0.157 e. The summed E-state index contributed by atoms with van der Waals surface area (Å²) in [5.74, 6) is 0.972. The second-order valence-corrected chi connectivity index (χ2v) is 4.96. The molecular formula is C14H19N3. The molecule has 3 heteroatoms. The minimum Gasteiger partial charge on any atom is -0.157 e. The molecule has 0 radical (unpaired) electrons. The normalized spacial score (nSPS) is 11.4. The Morgan fingerprint density at radius 1 is 0.941 bits per heavy atom. The van der Waals surface area contributed by atoms with Crippen molar-refractivity contribution in [1.82, 2.24) is 15.0 Å². The Balaban J connectivity index is 2.27. The highest BCUT2D eigenvalue weighted by Gasteiger charge is 2.06. The monoisotopic (exact) mass is 229 g/mol. The molecule has 17 heavy (non-hydrogen) atoms. The maximum absolute atomic E-state index is 4.46. The molecule has 0 amide bonds. The molecule has 1 heterocycles. The van der Waals surface area contributed by atoms with Gasteiger partial charge >= 0.3 is 0 Å². The molecule has 0 saturated carbocycles. The Hall–Kier alpha value is -1.64. The number of nitrogens with zero attached hydrogens (tertiary/aromatic N) is 3. The average molecular weight is 229 g/mol. The van der Waals surface area contributed by atoms with Gasteiger partial charge in [0, 0.05) is 0 Å². The maximum atomic E-state index is 4.46. The molecule has 0 spiro atoms. The van der Waals surface area contributed by atoms with Crippen LogP contribution in [-0.2, 0) is 0 Å². The zero-order chi connectivity index (χ0) is 12.4. The molecule has 0 bridgehead atoms. The smallest absolute Gasteiger partial charge is 0.0857 e. The van der Waals surface area contributed by atoms with E-state index < -0.39 is 0 Å². The highest BCUT2D eigenvalue weighted by Crippen LogP contribution is 2.17. The van der Waals surface area contributed by atoms with E-state index in [9.17, 15) is 0 Å². The second-order valence-electron chi connectivity index (χ2n) is 4.96. The zero-order valence-electron chi connectivity index (χ0n) is 10.9. The molecule has 0 unspecified atom stereocenters. The summed E-state index contributed by atoms with van der Waals surface area (Å²) in [6.45, 7) is 8.63. The lowest BCUT2D eigenvalue weighted by Crippen LogP contribution is -2.00. The van der Waals surface area contributed by atoms with Gasteiger partial charge in [-0.05, 0) is 29.5 Å². The quantitative estimate of drug-likeness (QED) is 0.806. The van der Waals surface area contributed by atoms with E-state index >= 15 is 0 Å². The molecule has 0 aliphatic carbocycles. The number of rotatable bonds is 3. The first-order chi connectivity index (χ1) is 8.08. The van der Waals surface area contributed by atoms with Gasteiger partial charge in [0.25, 0.3) is 0 Å². The van der Waals surface area contributed by atoms with Crippen molar-refractivity contribution in [1.29, 1.82) is 0 Å². The van der Waals surface area contributed by atoms with Gasteiger partial charge in [0.2, 0.25) is 0 Å². The topological polar surface area (TPSA) is 30.7 Å². The van der Waals surface area contributed by atoms with E-state index in [1.54, 1.807) is 4.80 Å². The molecule has 0 aliphatic rings. The Labute approximate surface area is 102 Å². The molecule has 3 nitrogen and oxygen atoms in total. The van der Waals surface area contributed by atoms with Crippen molar-refractivity contribution in [2.75, 3.05) is 0 Å². The number of aromatic nitrogens is 3. The lowest BCUT2D eigenvalue weighted by atomic mass is 10.0. The van der Waals surface area contributed by atoms with Gasteiger partial charge in [-0.3, -0.25) is 0 Å². The van der Waals surface area contributed by atoms with E-state index in [2.05, 4.69) is 62.2 Å². The molecule has 0 fully saturated rings.